The van der Waals surface area contributed by atoms with Crippen molar-refractivity contribution < 1.29 is 13.9 Å². The highest BCUT2D eigenvalue weighted by molar-refractivity contribution is 5.75. The van der Waals surface area contributed by atoms with Crippen molar-refractivity contribution in [3.63, 3.8) is 0 Å². The normalized spacial score (nSPS) is 9.65. The SMILES string of the molecule is CC(=O)Oc1cc[nH]n1.O=c1ccc2ccccc2o1. The van der Waals surface area contributed by atoms with Crippen LogP contribution >= 0.6 is 0 Å². The number of rotatable bonds is 1. The van der Waals surface area contributed by atoms with E-state index in [-0.39, 0.29) is 11.6 Å². The predicted octanol–water partition coefficient (Wildman–Crippen LogP) is 2.13. The molecule has 2 heterocycles. The number of aromatic nitrogens is 2. The summed E-state index contributed by atoms with van der Waals surface area (Å²) in [5, 5.41) is 7.05. The van der Waals surface area contributed by atoms with Crippen molar-refractivity contribution in [1.29, 1.82) is 0 Å². The van der Waals surface area contributed by atoms with Gasteiger partial charge in [-0.05, 0) is 12.1 Å². The first kappa shape index (κ1) is 13.5. The number of hydrogen-bond donors (Lipinski definition) is 1. The monoisotopic (exact) mass is 272 g/mol. The highest BCUT2D eigenvalue weighted by atomic mass is 16.5. The van der Waals surface area contributed by atoms with Gasteiger partial charge in [-0.3, -0.25) is 9.89 Å². The standard InChI is InChI=1S/C9H6O2.C5H6N2O2/c10-9-6-5-7-3-1-2-4-8(7)11-9;1-4(8)9-5-2-3-6-7-5/h1-6H;2-3H,1H3,(H,6,7). The molecule has 0 fully saturated rings. The third-order valence-electron chi connectivity index (χ3n) is 2.25. The fourth-order valence-electron chi connectivity index (χ4n) is 1.46. The first-order valence-corrected chi connectivity index (χ1v) is 5.82. The van der Waals surface area contributed by atoms with Gasteiger partial charge in [0.05, 0.1) is 0 Å². The van der Waals surface area contributed by atoms with E-state index in [2.05, 4.69) is 14.9 Å². The molecular formula is C14H12N2O4. The Morgan fingerprint density at radius 1 is 1.20 bits per heavy atom. The van der Waals surface area contributed by atoms with Crippen LogP contribution in [-0.4, -0.2) is 16.2 Å². The fourth-order valence-corrected chi connectivity index (χ4v) is 1.46. The number of nitrogens with zero attached hydrogens (tertiary/aromatic N) is 1. The maximum absolute atomic E-state index is 10.7. The van der Waals surface area contributed by atoms with E-state index in [4.69, 9.17) is 4.42 Å². The first-order valence-electron chi connectivity index (χ1n) is 5.82. The minimum Gasteiger partial charge on any atom is -0.423 e. The summed E-state index contributed by atoms with van der Waals surface area (Å²) in [4.78, 5) is 21.0. The van der Waals surface area contributed by atoms with Crippen LogP contribution in [0.2, 0.25) is 0 Å². The van der Waals surface area contributed by atoms with E-state index < -0.39 is 0 Å². The van der Waals surface area contributed by atoms with Gasteiger partial charge in [-0.25, -0.2) is 4.79 Å². The van der Waals surface area contributed by atoms with Crippen LogP contribution in [0, 0.1) is 0 Å². The number of esters is 1. The molecule has 1 aromatic carbocycles. The molecule has 0 unspecified atom stereocenters. The second-order valence-corrected chi connectivity index (χ2v) is 3.80. The van der Waals surface area contributed by atoms with Crippen molar-refractivity contribution in [2.75, 3.05) is 0 Å². The van der Waals surface area contributed by atoms with E-state index in [1.54, 1.807) is 24.4 Å². The average molecular weight is 272 g/mol. The van der Waals surface area contributed by atoms with Crippen molar-refractivity contribution >= 4 is 16.9 Å². The van der Waals surface area contributed by atoms with Gasteiger partial charge in [-0.1, -0.05) is 18.2 Å². The molecule has 3 aromatic rings. The minimum atomic E-state index is -0.359. The zero-order valence-electron chi connectivity index (χ0n) is 10.7. The number of aromatic amines is 1. The summed E-state index contributed by atoms with van der Waals surface area (Å²) in [6.45, 7) is 1.33. The number of para-hydroxylation sites is 1. The van der Waals surface area contributed by atoms with Crippen LogP contribution in [-0.2, 0) is 4.79 Å². The second-order valence-electron chi connectivity index (χ2n) is 3.80. The topological polar surface area (TPSA) is 85.2 Å². The molecule has 0 saturated heterocycles. The van der Waals surface area contributed by atoms with Crippen LogP contribution in [0.25, 0.3) is 11.0 Å². The molecule has 6 heteroatoms. The van der Waals surface area contributed by atoms with E-state index in [1.165, 1.54) is 13.0 Å². The maximum Gasteiger partial charge on any atom is 0.336 e. The lowest BCUT2D eigenvalue weighted by atomic mass is 10.2. The van der Waals surface area contributed by atoms with Crippen LogP contribution in [0.4, 0.5) is 0 Å². The molecule has 0 bridgehead atoms. The summed E-state index contributed by atoms with van der Waals surface area (Å²) in [5.74, 6) is -0.0513. The molecular weight excluding hydrogens is 260 g/mol. The van der Waals surface area contributed by atoms with Crippen molar-refractivity contribution in [3.8, 4) is 5.88 Å². The third kappa shape index (κ3) is 3.81. The van der Waals surface area contributed by atoms with Crippen LogP contribution in [0.5, 0.6) is 5.88 Å². The molecule has 0 amide bonds. The van der Waals surface area contributed by atoms with Gasteiger partial charge in [-0.15, -0.1) is 5.10 Å². The van der Waals surface area contributed by atoms with Gasteiger partial charge in [0, 0.05) is 30.6 Å². The summed E-state index contributed by atoms with van der Waals surface area (Å²) < 4.78 is 9.48. The quantitative estimate of drug-likeness (QED) is 0.541. The summed E-state index contributed by atoms with van der Waals surface area (Å²) in [7, 11) is 0. The van der Waals surface area contributed by atoms with Gasteiger partial charge in [0.25, 0.3) is 0 Å². The Bertz CT molecular complexity index is 747. The Balaban J connectivity index is 0.000000151. The minimum absolute atomic E-state index is 0.302. The van der Waals surface area contributed by atoms with E-state index in [9.17, 15) is 9.59 Å². The fraction of sp³-hybridized carbons (Fsp3) is 0.0714. The molecule has 0 aliphatic rings. The van der Waals surface area contributed by atoms with Crippen molar-refractivity contribution in [2.45, 2.75) is 6.92 Å². The number of nitrogens with one attached hydrogen (secondary N) is 1. The second kappa shape index (κ2) is 6.33. The lowest BCUT2D eigenvalue weighted by molar-refractivity contribution is -0.132. The highest BCUT2D eigenvalue weighted by Gasteiger charge is 1.96. The van der Waals surface area contributed by atoms with E-state index >= 15 is 0 Å². The van der Waals surface area contributed by atoms with Crippen LogP contribution < -0.4 is 10.4 Å². The lowest BCUT2D eigenvalue weighted by Gasteiger charge is -1.91. The summed E-state index contributed by atoms with van der Waals surface area (Å²) in [6.07, 6.45) is 1.58. The van der Waals surface area contributed by atoms with Gasteiger partial charge in [0.2, 0.25) is 5.88 Å². The first-order chi connectivity index (χ1) is 9.65. The molecule has 0 aliphatic carbocycles. The maximum atomic E-state index is 10.7. The third-order valence-corrected chi connectivity index (χ3v) is 2.25. The van der Waals surface area contributed by atoms with Crippen LogP contribution in [0.15, 0.2) is 57.9 Å². The molecule has 0 atom stereocenters. The van der Waals surface area contributed by atoms with Crippen molar-refractivity contribution in [3.05, 3.63) is 59.1 Å². The van der Waals surface area contributed by atoms with Gasteiger partial charge >= 0.3 is 11.6 Å². The average Bonchev–Trinajstić information content (AvgIpc) is 2.91. The molecule has 0 spiro atoms. The van der Waals surface area contributed by atoms with Gasteiger partial charge in [0.15, 0.2) is 0 Å². The Hall–Kier alpha value is -2.89. The number of benzene rings is 1. The predicted molar refractivity (Wildman–Crippen MR) is 72.4 cm³/mol. The van der Waals surface area contributed by atoms with Crippen LogP contribution in [0.1, 0.15) is 6.92 Å². The van der Waals surface area contributed by atoms with Gasteiger partial charge in [-0.2, -0.15) is 0 Å². The number of H-pyrrole nitrogens is 1. The highest BCUT2D eigenvalue weighted by Crippen LogP contribution is 2.08. The molecule has 1 N–H and O–H groups in total. The van der Waals surface area contributed by atoms with E-state index in [1.807, 2.05) is 18.2 Å². The molecule has 0 saturated carbocycles. The zero-order valence-corrected chi connectivity index (χ0v) is 10.7. The molecule has 102 valence electrons. The molecule has 3 rings (SSSR count). The summed E-state index contributed by atoms with van der Waals surface area (Å²) in [6, 6.07) is 12.2. The van der Waals surface area contributed by atoms with Crippen molar-refractivity contribution in [2.24, 2.45) is 0 Å². The number of hydrogen-bond acceptors (Lipinski definition) is 5. The van der Waals surface area contributed by atoms with Gasteiger partial charge in [0.1, 0.15) is 5.58 Å². The van der Waals surface area contributed by atoms with Crippen molar-refractivity contribution in [1.82, 2.24) is 10.2 Å². The summed E-state index contributed by atoms with van der Waals surface area (Å²) >= 11 is 0. The Morgan fingerprint density at radius 2 is 2.00 bits per heavy atom. The summed E-state index contributed by atoms with van der Waals surface area (Å²) in [5.41, 5.74) is 0.337. The molecule has 2 aromatic heterocycles. The Labute approximate surface area is 114 Å². The Morgan fingerprint density at radius 3 is 2.70 bits per heavy atom. The smallest absolute Gasteiger partial charge is 0.336 e. The molecule has 0 radical (unpaired) electrons. The number of carbonyl (C=O) groups excluding carboxylic acids is 1. The number of carbonyl (C=O) groups is 1. The largest absolute Gasteiger partial charge is 0.423 e. The molecule has 6 nitrogen and oxygen atoms in total. The van der Waals surface area contributed by atoms with Gasteiger partial charge < -0.3 is 9.15 Å². The number of ether oxygens (including phenoxy) is 1. The van der Waals surface area contributed by atoms with Crippen LogP contribution in [0.3, 0.4) is 0 Å². The molecule has 20 heavy (non-hydrogen) atoms. The lowest BCUT2D eigenvalue weighted by Crippen LogP contribution is -2.01. The number of fused-ring (bicyclic) bond motifs is 1. The van der Waals surface area contributed by atoms with E-state index in [0.717, 1.165) is 5.39 Å². The van der Waals surface area contributed by atoms with E-state index in [0.29, 0.717) is 11.5 Å². The Kier molecular flexibility index (Phi) is 4.28. The zero-order chi connectivity index (χ0) is 14.4. The molecule has 0 aliphatic heterocycles.